The van der Waals surface area contributed by atoms with Crippen LogP contribution in [0.2, 0.25) is 0 Å². The van der Waals surface area contributed by atoms with E-state index >= 15 is 0 Å². The molecule has 0 saturated carbocycles. The second kappa shape index (κ2) is 13.0. The van der Waals surface area contributed by atoms with Crippen LogP contribution in [-0.4, -0.2) is 25.6 Å². The monoisotopic (exact) mass is 741 g/mol. The average molecular weight is 742 g/mol. The average Bonchev–Trinajstić information content (AvgIpc) is 3.81. The number of anilines is 2. The van der Waals surface area contributed by atoms with Crippen LogP contribution in [0, 0.1) is 5.92 Å². The zero-order chi connectivity index (χ0) is 38.2. The summed E-state index contributed by atoms with van der Waals surface area (Å²) in [7, 11) is 0. The Morgan fingerprint density at radius 2 is 1.14 bits per heavy atom. The van der Waals surface area contributed by atoms with E-state index in [1.165, 1.54) is 55.1 Å². The van der Waals surface area contributed by atoms with Crippen molar-refractivity contribution in [2.24, 2.45) is 5.92 Å². The third kappa shape index (κ3) is 5.07. The van der Waals surface area contributed by atoms with Crippen molar-refractivity contribution in [3.05, 3.63) is 211 Å². The van der Waals surface area contributed by atoms with Crippen molar-refractivity contribution in [2.45, 2.75) is 6.04 Å². The van der Waals surface area contributed by atoms with Crippen molar-refractivity contribution < 1.29 is 0 Å². The number of nitrogens with zero attached hydrogens (tertiary/aromatic N) is 5. The van der Waals surface area contributed by atoms with Crippen LogP contribution in [0.1, 0.15) is 5.56 Å². The molecule has 0 bridgehead atoms. The molecule has 1 aliphatic heterocycles. The first-order valence-electron chi connectivity index (χ1n) is 19.9. The van der Waals surface area contributed by atoms with Crippen molar-refractivity contribution >= 4 is 49.5 Å². The zero-order valence-corrected chi connectivity index (χ0v) is 31.4. The number of allylic oxidation sites excluding steroid dienone is 5. The smallest absolute Gasteiger partial charge is 0.164 e. The second-order valence-electron chi connectivity index (χ2n) is 15.2. The maximum absolute atomic E-state index is 5.10. The molecule has 7 aromatic carbocycles. The van der Waals surface area contributed by atoms with Gasteiger partial charge in [0.25, 0.3) is 0 Å². The molecule has 0 N–H and O–H groups in total. The van der Waals surface area contributed by atoms with Crippen LogP contribution in [0.3, 0.4) is 0 Å². The van der Waals surface area contributed by atoms with E-state index in [4.69, 9.17) is 15.0 Å². The van der Waals surface area contributed by atoms with Gasteiger partial charge in [0.2, 0.25) is 0 Å². The predicted octanol–water partition coefficient (Wildman–Crippen LogP) is 12.7. The van der Waals surface area contributed by atoms with Crippen LogP contribution in [0.15, 0.2) is 206 Å². The van der Waals surface area contributed by atoms with E-state index < -0.39 is 0 Å². The highest BCUT2D eigenvalue weighted by atomic mass is 15.2. The van der Waals surface area contributed by atoms with Crippen molar-refractivity contribution in [1.82, 2.24) is 19.5 Å². The van der Waals surface area contributed by atoms with Gasteiger partial charge in [-0.15, -0.1) is 0 Å². The van der Waals surface area contributed by atoms with Crippen molar-refractivity contribution in [3.8, 4) is 39.9 Å². The highest BCUT2D eigenvalue weighted by Crippen LogP contribution is 2.53. The summed E-state index contributed by atoms with van der Waals surface area (Å²) in [5.41, 5.74) is 12.6. The Kier molecular flexibility index (Phi) is 7.29. The van der Waals surface area contributed by atoms with Gasteiger partial charge in [-0.05, 0) is 52.9 Å². The molecule has 5 heteroatoms. The number of rotatable bonds is 5. The van der Waals surface area contributed by atoms with Crippen molar-refractivity contribution in [3.63, 3.8) is 0 Å². The number of aromatic nitrogens is 4. The van der Waals surface area contributed by atoms with Crippen molar-refractivity contribution in [1.29, 1.82) is 0 Å². The molecule has 0 radical (unpaired) electrons. The molecule has 2 atom stereocenters. The minimum absolute atomic E-state index is 0.149. The van der Waals surface area contributed by atoms with E-state index in [9.17, 15) is 0 Å². The number of hydrogen-bond acceptors (Lipinski definition) is 4. The van der Waals surface area contributed by atoms with Gasteiger partial charge in [-0.2, -0.15) is 0 Å². The zero-order valence-electron chi connectivity index (χ0n) is 31.4. The third-order valence-electron chi connectivity index (χ3n) is 11.9. The molecule has 0 amide bonds. The molecule has 5 nitrogen and oxygen atoms in total. The molecule has 0 spiro atoms. The van der Waals surface area contributed by atoms with Gasteiger partial charge in [-0.3, -0.25) is 0 Å². The normalized spacial score (nSPS) is 16.7. The highest BCUT2D eigenvalue weighted by molar-refractivity contribution is 6.20. The lowest BCUT2D eigenvalue weighted by atomic mass is 9.79. The minimum atomic E-state index is 0.149. The van der Waals surface area contributed by atoms with Gasteiger partial charge < -0.3 is 9.47 Å². The Balaban J connectivity index is 1.11. The molecule has 2 unspecified atom stereocenters. The van der Waals surface area contributed by atoms with Crippen molar-refractivity contribution in [2.75, 3.05) is 4.90 Å². The lowest BCUT2D eigenvalue weighted by Gasteiger charge is -2.36. The third-order valence-corrected chi connectivity index (χ3v) is 11.9. The van der Waals surface area contributed by atoms with E-state index in [1.54, 1.807) is 0 Å². The molecule has 0 saturated heterocycles. The molecule has 3 aliphatic rings. The van der Waals surface area contributed by atoms with E-state index in [2.05, 4.69) is 173 Å². The lowest BCUT2D eigenvalue weighted by molar-refractivity contribution is 0.669. The molecule has 2 aliphatic carbocycles. The number of hydrogen-bond donors (Lipinski definition) is 0. The van der Waals surface area contributed by atoms with Crippen LogP contribution in [0.25, 0.3) is 78.0 Å². The number of fused-ring (bicyclic) bond motifs is 10. The summed E-state index contributed by atoms with van der Waals surface area (Å²) in [5, 5.41) is 4.85. The van der Waals surface area contributed by atoms with Gasteiger partial charge in [0.05, 0.1) is 22.8 Å². The van der Waals surface area contributed by atoms with E-state index in [-0.39, 0.29) is 12.0 Å². The Labute approximate surface area is 335 Å². The molecular formula is C53H35N5. The maximum atomic E-state index is 5.10. The topological polar surface area (TPSA) is 46.8 Å². The summed E-state index contributed by atoms with van der Waals surface area (Å²) in [6, 6.07) is 58.2. The standard InChI is InChI=1S/C53H35N5/c1-4-17-36(18-5-1)51-54-52(37-19-6-2-7-20-37)56-53(55-51)38-21-14-24-40(31-38)58-48-33-45-43-29-27-34-15-10-12-25-41(34)49(43)57(39-22-8-3-9-23-39)47(45)32-46(48)44-30-28-35-16-11-13-26-42(35)50(44)58/h1-33,41,49H. The summed E-state index contributed by atoms with van der Waals surface area (Å²) in [5.74, 6) is 2.17. The fraction of sp³-hybridized carbons (Fsp3) is 0.0377. The Hall–Kier alpha value is -7.63. The summed E-state index contributed by atoms with van der Waals surface area (Å²) < 4.78 is 2.46. The summed E-state index contributed by atoms with van der Waals surface area (Å²) in [6.45, 7) is 0. The summed E-state index contributed by atoms with van der Waals surface area (Å²) >= 11 is 0. The Morgan fingerprint density at radius 3 is 1.90 bits per heavy atom. The quantitative estimate of drug-likeness (QED) is 0.176. The molecule has 0 fully saturated rings. The fourth-order valence-corrected chi connectivity index (χ4v) is 9.32. The van der Waals surface area contributed by atoms with Gasteiger partial charge in [0.15, 0.2) is 17.5 Å². The molecule has 9 aromatic rings. The minimum Gasteiger partial charge on any atom is -0.332 e. The van der Waals surface area contributed by atoms with E-state index in [0.29, 0.717) is 17.5 Å². The first-order valence-corrected chi connectivity index (χ1v) is 19.9. The number of para-hydroxylation sites is 1. The number of benzene rings is 7. The van der Waals surface area contributed by atoms with Gasteiger partial charge in [-0.1, -0.05) is 164 Å². The van der Waals surface area contributed by atoms with Gasteiger partial charge in [0.1, 0.15) is 0 Å². The maximum Gasteiger partial charge on any atom is 0.164 e. The first-order chi connectivity index (χ1) is 28.8. The lowest BCUT2D eigenvalue weighted by Crippen LogP contribution is -2.35. The highest BCUT2D eigenvalue weighted by Gasteiger charge is 2.42. The van der Waals surface area contributed by atoms with Crippen LogP contribution in [0.4, 0.5) is 11.4 Å². The van der Waals surface area contributed by atoms with Crippen LogP contribution < -0.4 is 4.90 Å². The first kappa shape index (κ1) is 32.6. The summed E-state index contributed by atoms with van der Waals surface area (Å²) in [4.78, 5) is 17.7. The van der Waals surface area contributed by atoms with Gasteiger partial charge in [-0.25, -0.2) is 15.0 Å². The molecule has 58 heavy (non-hydrogen) atoms. The second-order valence-corrected chi connectivity index (χ2v) is 15.2. The Morgan fingerprint density at radius 1 is 0.483 bits per heavy atom. The SMILES string of the molecule is C1=CC2=CC=C3c4cc5c(cc4N(c4ccccc4)C3C2C=C1)c1ccc2ccccc2c1n5-c1cccc(-c2nc(-c3ccccc3)nc(-c3ccccc3)n2)c1. The molecular weight excluding hydrogens is 707 g/mol. The molecule has 3 heterocycles. The molecule has 12 rings (SSSR count). The van der Waals surface area contributed by atoms with Crippen LogP contribution in [-0.2, 0) is 0 Å². The van der Waals surface area contributed by atoms with Gasteiger partial charge >= 0.3 is 0 Å². The molecule has 2 aromatic heterocycles. The van der Waals surface area contributed by atoms with Gasteiger partial charge in [0, 0.05) is 55.7 Å². The largest absolute Gasteiger partial charge is 0.332 e. The summed E-state index contributed by atoms with van der Waals surface area (Å²) in [6.07, 6.45) is 13.6. The van der Waals surface area contributed by atoms with E-state index in [1.807, 2.05) is 36.4 Å². The van der Waals surface area contributed by atoms with Crippen LogP contribution >= 0.6 is 0 Å². The Bertz CT molecular complexity index is 3170. The fourth-order valence-electron chi connectivity index (χ4n) is 9.32. The molecule has 272 valence electrons. The predicted molar refractivity (Wildman–Crippen MR) is 238 cm³/mol. The van der Waals surface area contributed by atoms with E-state index in [0.717, 1.165) is 27.9 Å². The van der Waals surface area contributed by atoms with Crippen LogP contribution in [0.5, 0.6) is 0 Å².